The van der Waals surface area contributed by atoms with Crippen LogP contribution >= 0.6 is 11.8 Å². The summed E-state index contributed by atoms with van der Waals surface area (Å²) >= 11 is 1.49. The second kappa shape index (κ2) is 9.20. The van der Waals surface area contributed by atoms with E-state index in [1.807, 2.05) is 60.7 Å². The fraction of sp³-hybridized carbons (Fsp3) is 0.143. The first-order chi connectivity index (χ1) is 14.3. The molecule has 0 aliphatic rings. The first-order valence-corrected chi connectivity index (χ1v) is 10.2. The number of hydrogen-bond acceptors (Lipinski definition) is 5. The number of nitrogens with zero attached hydrogens (tertiary/aromatic N) is 4. The predicted octanol–water partition coefficient (Wildman–Crippen LogP) is 3.24. The van der Waals surface area contributed by atoms with E-state index >= 15 is 0 Å². The number of thioether (sulfide) groups is 1. The summed E-state index contributed by atoms with van der Waals surface area (Å²) in [5, 5.41) is 15.0. The normalized spacial score (nSPS) is 10.8. The molecule has 0 unspecified atom stereocenters. The van der Waals surface area contributed by atoms with Gasteiger partial charge in [-0.15, -0.1) is 5.10 Å². The van der Waals surface area contributed by atoms with Crippen LogP contribution in [0.1, 0.15) is 15.9 Å². The zero-order valence-electron chi connectivity index (χ0n) is 15.7. The van der Waals surface area contributed by atoms with Crippen molar-refractivity contribution in [3.8, 4) is 11.4 Å². The lowest BCUT2D eigenvalue weighted by Crippen LogP contribution is -2.25. The van der Waals surface area contributed by atoms with Crippen LogP contribution in [0.25, 0.3) is 11.4 Å². The zero-order valence-corrected chi connectivity index (χ0v) is 16.5. The van der Waals surface area contributed by atoms with Crippen molar-refractivity contribution < 1.29 is 4.79 Å². The summed E-state index contributed by atoms with van der Waals surface area (Å²) in [4.78, 5) is 16.8. The molecule has 29 heavy (non-hydrogen) atoms. The number of benzene rings is 2. The maximum absolute atomic E-state index is 12.3. The second-order valence-electron chi connectivity index (χ2n) is 6.35. The standard InChI is InChI=1S/C21H20N6OS/c28-20(18-13-23-27(15-18)14-16-7-3-1-4-8-16)22-11-12-29-21-24-19(25-26-21)17-9-5-2-6-10-17/h1-10,13,15H,11-12,14H2,(H,22,28)(H,24,25,26). The maximum Gasteiger partial charge on any atom is 0.254 e. The molecule has 4 aromatic rings. The Morgan fingerprint density at radius 3 is 2.62 bits per heavy atom. The minimum Gasteiger partial charge on any atom is -0.351 e. The lowest BCUT2D eigenvalue weighted by atomic mass is 10.2. The zero-order chi connectivity index (χ0) is 19.9. The summed E-state index contributed by atoms with van der Waals surface area (Å²) in [6.45, 7) is 1.15. The molecular weight excluding hydrogens is 384 g/mol. The van der Waals surface area contributed by atoms with Gasteiger partial charge in [0.2, 0.25) is 5.16 Å². The summed E-state index contributed by atoms with van der Waals surface area (Å²) in [6.07, 6.45) is 3.35. The quantitative estimate of drug-likeness (QED) is 0.348. The molecule has 0 aliphatic carbocycles. The van der Waals surface area contributed by atoms with E-state index in [0.717, 1.165) is 17.0 Å². The highest BCUT2D eigenvalue weighted by Crippen LogP contribution is 2.18. The van der Waals surface area contributed by atoms with Crippen LogP contribution in [0.3, 0.4) is 0 Å². The molecule has 2 aromatic carbocycles. The number of hydrogen-bond donors (Lipinski definition) is 2. The molecule has 0 saturated carbocycles. The molecule has 2 N–H and O–H groups in total. The molecule has 0 spiro atoms. The molecule has 0 saturated heterocycles. The van der Waals surface area contributed by atoms with E-state index in [4.69, 9.17) is 0 Å². The maximum atomic E-state index is 12.3. The number of nitrogens with one attached hydrogen (secondary N) is 2. The van der Waals surface area contributed by atoms with Gasteiger partial charge in [-0.25, -0.2) is 4.98 Å². The Balaban J connectivity index is 1.23. The molecule has 7 nitrogen and oxygen atoms in total. The average molecular weight is 404 g/mol. The molecule has 8 heteroatoms. The molecule has 0 fully saturated rings. The number of rotatable bonds is 8. The average Bonchev–Trinajstić information content (AvgIpc) is 3.42. The van der Waals surface area contributed by atoms with E-state index in [-0.39, 0.29) is 5.91 Å². The van der Waals surface area contributed by atoms with Gasteiger partial charge in [0, 0.05) is 24.1 Å². The van der Waals surface area contributed by atoms with Crippen molar-refractivity contribution in [1.29, 1.82) is 0 Å². The second-order valence-corrected chi connectivity index (χ2v) is 7.41. The van der Waals surface area contributed by atoms with Crippen LogP contribution in [0.4, 0.5) is 0 Å². The Bertz CT molecular complexity index is 1060. The van der Waals surface area contributed by atoms with Gasteiger partial charge in [0.05, 0.1) is 18.3 Å². The summed E-state index contributed by atoms with van der Waals surface area (Å²) in [5.41, 5.74) is 2.68. The lowest BCUT2D eigenvalue weighted by Gasteiger charge is -2.02. The van der Waals surface area contributed by atoms with Gasteiger partial charge in [-0.2, -0.15) is 5.10 Å². The van der Waals surface area contributed by atoms with Gasteiger partial charge in [-0.1, -0.05) is 72.4 Å². The topological polar surface area (TPSA) is 88.5 Å². The Hall–Kier alpha value is -3.39. The number of aromatic amines is 1. The molecular formula is C21H20N6OS. The summed E-state index contributed by atoms with van der Waals surface area (Å²) in [7, 11) is 0. The smallest absolute Gasteiger partial charge is 0.254 e. The molecule has 4 rings (SSSR count). The lowest BCUT2D eigenvalue weighted by molar-refractivity contribution is 0.0956. The van der Waals surface area contributed by atoms with Crippen LogP contribution in [0, 0.1) is 0 Å². The van der Waals surface area contributed by atoms with Gasteiger partial charge in [-0.3, -0.25) is 14.6 Å². The summed E-state index contributed by atoms with van der Waals surface area (Å²) < 4.78 is 1.76. The van der Waals surface area contributed by atoms with Crippen molar-refractivity contribution in [2.45, 2.75) is 11.7 Å². The Morgan fingerprint density at radius 2 is 1.83 bits per heavy atom. The molecule has 0 bridgehead atoms. The first-order valence-electron chi connectivity index (χ1n) is 9.23. The van der Waals surface area contributed by atoms with E-state index < -0.39 is 0 Å². The molecule has 0 radical (unpaired) electrons. The third-order valence-electron chi connectivity index (χ3n) is 4.21. The third kappa shape index (κ3) is 5.11. The highest BCUT2D eigenvalue weighted by molar-refractivity contribution is 7.99. The van der Waals surface area contributed by atoms with E-state index in [0.29, 0.717) is 29.6 Å². The van der Waals surface area contributed by atoms with Crippen LogP contribution in [0.15, 0.2) is 78.2 Å². The van der Waals surface area contributed by atoms with Gasteiger partial charge in [0.1, 0.15) is 0 Å². The largest absolute Gasteiger partial charge is 0.351 e. The minimum absolute atomic E-state index is 0.134. The molecule has 2 heterocycles. The van der Waals surface area contributed by atoms with E-state index in [2.05, 4.69) is 25.6 Å². The van der Waals surface area contributed by atoms with Crippen LogP contribution < -0.4 is 5.32 Å². The van der Waals surface area contributed by atoms with Crippen LogP contribution in [0.5, 0.6) is 0 Å². The summed E-state index contributed by atoms with van der Waals surface area (Å²) in [5.74, 6) is 1.28. The van der Waals surface area contributed by atoms with Crippen molar-refractivity contribution in [2.24, 2.45) is 0 Å². The fourth-order valence-electron chi connectivity index (χ4n) is 2.78. The van der Waals surface area contributed by atoms with Gasteiger partial charge >= 0.3 is 0 Å². The number of carbonyl (C=O) groups excluding carboxylic acids is 1. The third-order valence-corrected chi connectivity index (χ3v) is 5.06. The Labute approximate surface area is 172 Å². The number of carbonyl (C=O) groups is 1. The van der Waals surface area contributed by atoms with Gasteiger partial charge in [0.15, 0.2) is 5.82 Å². The molecule has 0 atom stereocenters. The van der Waals surface area contributed by atoms with Gasteiger partial charge in [-0.05, 0) is 5.56 Å². The Kier molecular flexibility index (Phi) is 6.01. The van der Waals surface area contributed by atoms with Crippen LogP contribution in [-0.2, 0) is 6.54 Å². The van der Waals surface area contributed by atoms with Crippen LogP contribution in [0.2, 0.25) is 0 Å². The van der Waals surface area contributed by atoms with Crippen molar-refractivity contribution in [3.63, 3.8) is 0 Å². The van der Waals surface area contributed by atoms with Crippen molar-refractivity contribution >= 4 is 17.7 Å². The number of aromatic nitrogens is 5. The summed E-state index contributed by atoms with van der Waals surface area (Å²) in [6, 6.07) is 19.9. The first kappa shape index (κ1) is 18.9. The van der Waals surface area contributed by atoms with Crippen LogP contribution in [-0.4, -0.2) is 43.2 Å². The molecule has 2 aromatic heterocycles. The van der Waals surface area contributed by atoms with Crippen molar-refractivity contribution in [3.05, 3.63) is 84.2 Å². The molecule has 1 amide bonds. The van der Waals surface area contributed by atoms with E-state index in [9.17, 15) is 4.79 Å². The van der Waals surface area contributed by atoms with Gasteiger partial charge < -0.3 is 5.32 Å². The molecule has 0 aliphatic heterocycles. The SMILES string of the molecule is O=C(NCCSc1n[nH]c(-c2ccccc2)n1)c1cnn(Cc2ccccc2)c1. The van der Waals surface area contributed by atoms with E-state index in [1.165, 1.54) is 11.8 Å². The molecule has 146 valence electrons. The van der Waals surface area contributed by atoms with Crippen molar-refractivity contribution in [2.75, 3.05) is 12.3 Å². The highest BCUT2D eigenvalue weighted by atomic mass is 32.2. The fourth-order valence-corrected chi connectivity index (χ4v) is 3.44. The number of amides is 1. The Morgan fingerprint density at radius 1 is 1.07 bits per heavy atom. The van der Waals surface area contributed by atoms with E-state index in [1.54, 1.807) is 17.1 Å². The van der Waals surface area contributed by atoms with Crippen molar-refractivity contribution in [1.82, 2.24) is 30.3 Å². The van der Waals surface area contributed by atoms with Gasteiger partial charge in [0.25, 0.3) is 5.91 Å². The highest BCUT2D eigenvalue weighted by Gasteiger charge is 2.09. The predicted molar refractivity (Wildman–Crippen MR) is 113 cm³/mol. The minimum atomic E-state index is -0.134. The number of H-pyrrole nitrogens is 1. The monoisotopic (exact) mass is 404 g/mol.